The zero-order chi connectivity index (χ0) is 13.5. The predicted molar refractivity (Wildman–Crippen MR) is 87.7 cm³/mol. The van der Waals surface area contributed by atoms with Crippen LogP contribution in [-0.2, 0) is 6.54 Å². The van der Waals surface area contributed by atoms with Gasteiger partial charge in [0.1, 0.15) is 0 Å². The summed E-state index contributed by atoms with van der Waals surface area (Å²) in [6.45, 7) is 0.732. The maximum atomic E-state index is 5.27. The number of rotatable bonds is 4. The molecule has 4 heteroatoms. The van der Waals surface area contributed by atoms with Crippen molar-refractivity contribution in [2.75, 3.05) is 11.6 Å². The highest BCUT2D eigenvalue weighted by molar-refractivity contribution is 7.98. The standard InChI is InChI=1S/C15H16N2S2/c1-19-14-9-7-13(8-10-14)17-15(18)16-11-12-5-3-2-4-6-12/h2-10H,11H2,1H3,(H2,16,17,18). The Labute approximate surface area is 123 Å². The molecule has 0 aliphatic heterocycles. The van der Waals surface area contributed by atoms with E-state index in [2.05, 4.69) is 41.2 Å². The van der Waals surface area contributed by atoms with E-state index >= 15 is 0 Å². The number of thiocarbonyl (C=S) groups is 1. The molecule has 2 rings (SSSR count). The second kappa shape index (κ2) is 7.16. The summed E-state index contributed by atoms with van der Waals surface area (Å²) in [5.41, 5.74) is 2.22. The lowest BCUT2D eigenvalue weighted by molar-refractivity contribution is 0.926. The Bertz CT molecular complexity index is 524. The van der Waals surface area contributed by atoms with Crippen molar-refractivity contribution in [3.05, 3.63) is 60.2 Å². The van der Waals surface area contributed by atoms with Crippen molar-refractivity contribution in [2.45, 2.75) is 11.4 Å². The van der Waals surface area contributed by atoms with Gasteiger partial charge in [-0.3, -0.25) is 0 Å². The van der Waals surface area contributed by atoms with Crippen molar-refractivity contribution in [3.63, 3.8) is 0 Å². The van der Waals surface area contributed by atoms with Gasteiger partial charge in [-0.05, 0) is 48.3 Å². The number of nitrogens with one attached hydrogen (secondary N) is 2. The quantitative estimate of drug-likeness (QED) is 0.658. The third kappa shape index (κ3) is 4.58. The summed E-state index contributed by atoms with van der Waals surface area (Å²) in [5.74, 6) is 0. The fraction of sp³-hybridized carbons (Fsp3) is 0.133. The van der Waals surface area contributed by atoms with Crippen LogP contribution in [0, 0.1) is 0 Å². The molecular formula is C15H16N2S2. The first-order chi connectivity index (χ1) is 9.28. The van der Waals surface area contributed by atoms with Gasteiger partial charge in [-0.25, -0.2) is 0 Å². The van der Waals surface area contributed by atoms with Crippen LogP contribution in [0.4, 0.5) is 5.69 Å². The van der Waals surface area contributed by atoms with Gasteiger partial charge in [0.25, 0.3) is 0 Å². The van der Waals surface area contributed by atoms with Crippen LogP contribution in [0.15, 0.2) is 59.5 Å². The average molecular weight is 288 g/mol. The van der Waals surface area contributed by atoms with Crippen molar-refractivity contribution in [1.29, 1.82) is 0 Å². The van der Waals surface area contributed by atoms with Crippen LogP contribution in [0.2, 0.25) is 0 Å². The summed E-state index contributed by atoms with van der Waals surface area (Å²) in [4.78, 5) is 1.24. The van der Waals surface area contributed by atoms with Crippen LogP contribution in [0.3, 0.4) is 0 Å². The molecule has 0 saturated carbocycles. The Balaban J connectivity index is 1.83. The van der Waals surface area contributed by atoms with Crippen LogP contribution in [0.5, 0.6) is 0 Å². The molecule has 0 spiro atoms. The molecule has 0 aromatic heterocycles. The Morgan fingerprint density at radius 3 is 2.37 bits per heavy atom. The molecule has 2 nitrogen and oxygen atoms in total. The van der Waals surface area contributed by atoms with Gasteiger partial charge in [0.15, 0.2) is 5.11 Å². The molecular weight excluding hydrogens is 272 g/mol. The van der Waals surface area contributed by atoms with E-state index in [1.807, 2.05) is 30.3 Å². The number of hydrogen-bond donors (Lipinski definition) is 2. The third-order valence-electron chi connectivity index (χ3n) is 2.64. The second-order valence-corrected chi connectivity index (χ2v) is 5.31. The van der Waals surface area contributed by atoms with Crippen LogP contribution < -0.4 is 10.6 Å². The lowest BCUT2D eigenvalue weighted by atomic mass is 10.2. The summed E-state index contributed by atoms with van der Waals surface area (Å²) in [6, 6.07) is 18.4. The molecule has 0 bridgehead atoms. The van der Waals surface area contributed by atoms with E-state index in [0.29, 0.717) is 5.11 Å². The minimum atomic E-state index is 0.640. The van der Waals surface area contributed by atoms with Crippen LogP contribution >= 0.6 is 24.0 Å². The molecule has 2 aromatic rings. The fourth-order valence-corrected chi connectivity index (χ4v) is 2.23. The van der Waals surface area contributed by atoms with Crippen molar-refractivity contribution in [2.24, 2.45) is 0 Å². The van der Waals surface area contributed by atoms with Crippen LogP contribution in [0.25, 0.3) is 0 Å². The first kappa shape index (κ1) is 13.9. The number of thioether (sulfide) groups is 1. The summed E-state index contributed by atoms with van der Waals surface area (Å²) in [5, 5.41) is 7.01. The highest BCUT2D eigenvalue weighted by atomic mass is 32.2. The Morgan fingerprint density at radius 2 is 1.74 bits per heavy atom. The van der Waals surface area contributed by atoms with Gasteiger partial charge in [-0.2, -0.15) is 0 Å². The SMILES string of the molecule is CSc1ccc(NC(=S)NCc2ccccc2)cc1. The normalized spacial score (nSPS) is 9.95. The zero-order valence-electron chi connectivity index (χ0n) is 10.7. The first-order valence-electron chi connectivity index (χ1n) is 6.01. The van der Waals surface area contributed by atoms with E-state index in [-0.39, 0.29) is 0 Å². The van der Waals surface area contributed by atoms with E-state index in [1.54, 1.807) is 11.8 Å². The minimum absolute atomic E-state index is 0.640. The van der Waals surface area contributed by atoms with Crippen LogP contribution in [-0.4, -0.2) is 11.4 Å². The van der Waals surface area contributed by atoms with Crippen molar-refractivity contribution < 1.29 is 0 Å². The Morgan fingerprint density at radius 1 is 1.05 bits per heavy atom. The van der Waals surface area contributed by atoms with E-state index in [4.69, 9.17) is 12.2 Å². The van der Waals surface area contributed by atoms with Gasteiger partial charge in [-0.1, -0.05) is 30.3 Å². The first-order valence-corrected chi connectivity index (χ1v) is 7.64. The minimum Gasteiger partial charge on any atom is -0.358 e. The fourth-order valence-electron chi connectivity index (χ4n) is 1.63. The van der Waals surface area contributed by atoms with Gasteiger partial charge in [-0.15, -0.1) is 11.8 Å². The molecule has 2 aromatic carbocycles. The highest BCUT2D eigenvalue weighted by Gasteiger charge is 1.98. The molecule has 0 radical (unpaired) electrons. The van der Waals surface area contributed by atoms with Gasteiger partial charge in [0.2, 0.25) is 0 Å². The third-order valence-corrected chi connectivity index (χ3v) is 3.63. The van der Waals surface area contributed by atoms with Gasteiger partial charge in [0.05, 0.1) is 0 Å². The molecule has 2 N–H and O–H groups in total. The van der Waals surface area contributed by atoms with E-state index in [1.165, 1.54) is 10.5 Å². The molecule has 0 heterocycles. The van der Waals surface area contributed by atoms with E-state index in [0.717, 1.165) is 12.2 Å². The molecule has 0 amide bonds. The molecule has 0 atom stereocenters. The number of anilines is 1. The topological polar surface area (TPSA) is 24.1 Å². The summed E-state index contributed by atoms with van der Waals surface area (Å²) >= 11 is 7.00. The molecule has 98 valence electrons. The largest absolute Gasteiger partial charge is 0.358 e. The lowest BCUT2D eigenvalue weighted by Crippen LogP contribution is -2.27. The van der Waals surface area contributed by atoms with Gasteiger partial charge in [0, 0.05) is 17.1 Å². The number of hydrogen-bond acceptors (Lipinski definition) is 2. The monoisotopic (exact) mass is 288 g/mol. The molecule has 0 unspecified atom stereocenters. The van der Waals surface area contributed by atoms with Gasteiger partial charge < -0.3 is 10.6 Å². The molecule has 0 aliphatic rings. The van der Waals surface area contributed by atoms with Crippen molar-refractivity contribution >= 4 is 34.8 Å². The zero-order valence-corrected chi connectivity index (χ0v) is 12.4. The maximum Gasteiger partial charge on any atom is 0.171 e. The summed E-state index contributed by atoms with van der Waals surface area (Å²) < 4.78 is 0. The molecule has 0 fully saturated rings. The van der Waals surface area contributed by atoms with Gasteiger partial charge >= 0.3 is 0 Å². The lowest BCUT2D eigenvalue weighted by Gasteiger charge is -2.10. The maximum absolute atomic E-state index is 5.27. The highest BCUT2D eigenvalue weighted by Crippen LogP contribution is 2.17. The molecule has 19 heavy (non-hydrogen) atoms. The van der Waals surface area contributed by atoms with Crippen molar-refractivity contribution in [3.8, 4) is 0 Å². The summed E-state index contributed by atoms with van der Waals surface area (Å²) in [6.07, 6.45) is 2.06. The number of benzene rings is 2. The molecule has 0 saturated heterocycles. The molecule has 0 aliphatic carbocycles. The Kier molecular flexibility index (Phi) is 5.24. The van der Waals surface area contributed by atoms with E-state index in [9.17, 15) is 0 Å². The van der Waals surface area contributed by atoms with Crippen molar-refractivity contribution in [1.82, 2.24) is 5.32 Å². The smallest absolute Gasteiger partial charge is 0.171 e. The van der Waals surface area contributed by atoms with E-state index < -0.39 is 0 Å². The summed E-state index contributed by atoms with van der Waals surface area (Å²) in [7, 11) is 0. The predicted octanol–water partition coefficient (Wildman–Crippen LogP) is 3.90. The van der Waals surface area contributed by atoms with Crippen LogP contribution in [0.1, 0.15) is 5.56 Å². The second-order valence-electron chi connectivity index (χ2n) is 4.02. The Hall–Kier alpha value is -1.52. The average Bonchev–Trinajstić information content (AvgIpc) is 2.47.